The molecule has 1 saturated carbocycles. The summed E-state index contributed by atoms with van der Waals surface area (Å²) in [5, 5.41) is 15.5. The molecular formula is C25H25N7O4S. The lowest BCUT2D eigenvalue weighted by molar-refractivity contribution is -0.119. The average molecular weight is 520 g/mol. The molecule has 2 N–H and O–H groups in total. The van der Waals surface area contributed by atoms with Crippen molar-refractivity contribution < 1.29 is 19.1 Å². The van der Waals surface area contributed by atoms with E-state index in [2.05, 4.69) is 26.7 Å². The molecule has 0 aromatic carbocycles. The van der Waals surface area contributed by atoms with Crippen LogP contribution in [0.15, 0.2) is 29.3 Å². The highest BCUT2D eigenvalue weighted by Crippen LogP contribution is 2.38. The number of nitrogens with one attached hydrogen (secondary N) is 2. The topological polar surface area (TPSA) is 141 Å². The smallest absolute Gasteiger partial charge is 0.416 e. The van der Waals surface area contributed by atoms with E-state index in [1.54, 1.807) is 28.1 Å². The maximum atomic E-state index is 12.8. The van der Waals surface area contributed by atoms with Crippen molar-refractivity contribution in [3.8, 4) is 6.07 Å². The minimum Gasteiger partial charge on any atom is -0.444 e. The lowest BCUT2D eigenvalue weighted by Crippen LogP contribution is -2.48. The fraction of sp³-hybridized carbons (Fsp3) is 0.440. The molecule has 3 aliphatic heterocycles. The Bertz CT molecular complexity index is 1330. The fourth-order valence-corrected chi connectivity index (χ4v) is 6.24. The Morgan fingerprint density at radius 2 is 2.14 bits per heavy atom. The van der Waals surface area contributed by atoms with Crippen LogP contribution in [0.3, 0.4) is 0 Å². The molecule has 12 heteroatoms. The maximum absolute atomic E-state index is 12.8. The van der Waals surface area contributed by atoms with E-state index in [-0.39, 0.29) is 30.0 Å². The monoisotopic (exact) mass is 519 g/mol. The van der Waals surface area contributed by atoms with E-state index in [0.29, 0.717) is 61.0 Å². The third-order valence-electron chi connectivity index (χ3n) is 7.26. The van der Waals surface area contributed by atoms with Crippen molar-refractivity contribution >= 4 is 47.0 Å². The number of ether oxygens (including phenoxy) is 1. The Kier molecular flexibility index (Phi) is 6.18. The number of aromatic nitrogens is 2. The number of hydrogen-bond acceptors (Lipinski definition) is 9. The number of fused-ring (bicyclic) bond motifs is 3. The molecule has 2 fully saturated rings. The van der Waals surface area contributed by atoms with Crippen molar-refractivity contribution in [3.63, 3.8) is 0 Å². The zero-order chi connectivity index (χ0) is 25.5. The molecule has 2 aromatic heterocycles. The first-order chi connectivity index (χ1) is 18.0. The highest BCUT2D eigenvalue weighted by Gasteiger charge is 2.46. The van der Waals surface area contributed by atoms with E-state index < -0.39 is 6.09 Å². The highest BCUT2D eigenvalue weighted by molar-refractivity contribution is 8.00. The van der Waals surface area contributed by atoms with Gasteiger partial charge < -0.3 is 20.3 Å². The first-order valence-electron chi connectivity index (χ1n) is 12.4. The van der Waals surface area contributed by atoms with E-state index in [9.17, 15) is 19.6 Å². The van der Waals surface area contributed by atoms with Gasteiger partial charge >= 0.3 is 6.09 Å². The molecule has 4 aliphatic rings. The standard InChI is InChI=1S/C25H25N7O4S/c26-11-14-9-18-16(28-12-14)2-6-23(34)31(18)8-7-27-15-1-3-17-19(10-15)36-25(35)32(17)21-5-4-20-24(29-21)30-22(33)13-37-20/h4-5,9,12,15,17,19,27H,1-3,6-8,10,13H2,(H,29,30,33)/t15-,17-,19-/m0/s1. The molecule has 190 valence electrons. The number of anilines is 3. The van der Waals surface area contributed by atoms with Gasteiger partial charge in [-0.05, 0) is 31.0 Å². The molecule has 1 aliphatic carbocycles. The van der Waals surface area contributed by atoms with E-state index in [1.807, 2.05) is 6.07 Å². The molecule has 0 spiro atoms. The first kappa shape index (κ1) is 23.7. The third kappa shape index (κ3) is 4.49. The number of nitriles is 1. The number of rotatable bonds is 5. The summed E-state index contributed by atoms with van der Waals surface area (Å²) in [7, 11) is 0. The van der Waals surface area contributed by atoms with Crippen molar-refractivity contribution in [1.29, 1.82) is 5.26 Å². The number of aryl methyl sites for hydroxylation is 1. The van der Waals surface area contributed by atoms with Gasteiger partial charge in [0.15, 0.2) is 0 Å². The molecule has 11 nitrogen and oxygen atoms in total. The SMILES string of the molecule is N#Cc1cnc2c(c1)N(CCN[C@H]1CC[C@H]3[C@H](C1)OC(=O)N3c1ccc3c(n1)NC(=O)CS3)C(=O)CC2. The third-order valence-corrected chi connectivity index (χ3v) is 8.30. The summed E-state index contributed by atoms with van der Waals surface area (Å²) >= 11 is 1.43. The molecule has 37 heavy (non-hydrogen) atoms. The van der Waals surface area contributed by atoms with Gasteiger partial charge in [-0.15, -0.1) is 11.8 Å². The van der Waals surface area contributed by atoms with Gasteiger partial charge in [-0.2, -0.15) is 5.26 Å². The van der Waals surface area contributed by atoms with Crippen LogP contribution < -0.4 is 20.4 Å². The summed E-state index contributed by atoms with van der Waals surface area (Å²) in [5.41, 5.74) is 1.99. The summed E-state index contributed by atoms with van der Waals surface area (Å²) in [6.07, 6.45) is 4.10. The highest BCUT2D eigenvalue weighted by atomic mass is 32.2. The predicted octanol–water partition coefficient (Wildman–Crippen LogP) is 2.21. The summed E-state index contributed by atoms with van der Waals surface area (Å²) < 4.78 is 5.72. The van der Waals surface area contributed by atoms with Crippen molar-refractivity contribution in [2.75, 3.05) is 34.0 Å². The van der Waals surface area contributed by atoms with Gasteiger partial charge in [0.2, 0.25) is 11.8 Å². The number of amides is 3. The Labute approximate surface area is 217 Å². The first-order valence-corrected chi connectivity index (χ1v) is 13.3. The lowest BCUT2D eigenvalue weighted by Gasteiger charge is -2.34. The molecule has 2 aromatic rings. The van der Waals surface area contributed by atoms with Crippen LogP contribution in [0.4, 0.5) is 22.1 Å². The Morgan fingerprint density at radius 1 is 1.24 bits per heavy atom. The summed E-state index contributed by atoms with van der Waals surface area (Å²) in [6.45, 7) is 1.05. The van der Waals surface area contributed by atoms with Gasteiger partial charge in [0.1, 0.15) is 23.8 Å². The van der Waals surface area contributed by atoms with Gasteiger partial charge in [0, 0.05) is 44.6 Å². The number of nitrogens with zero attached hydrogens (tertiary/aromatic N) is 5. The molecule has 0 bridgehead atoms. The van der Waals surface area contributed by atoms with Gasteiger partial charge in [-0.25, -0.2) is 9.78 Å². The quantitative estimate of drug-likeness (QED) is 0.608. The number of thioether (sulfide) groups is 1. The average Bonchev–Trinajstić information content (AvgIpc) is 3.24. The normalized spacial score (nSPS) is 24.5. The zero-order valence-electron chi connectivity index (χ0n) is 20.0. The minimum absolute atomic E-state index is 0.0300. The second-order valence-electron chi connectivity index (χ2n) is 9.52. The molecule has 5 heterocycles. The van der Waals surface area contributed by atoms with Crippen LogP contribution in [0.5, 0.6) is 0 Å². The molecule has 6 rings (SSSR count). The molecule has 0 unspecified atom stereocenters. The Hall–Kier alpha value is -3.69. The second kappa shape index (κ2) is 9.64. The maximum Gasteiger partial charge on any atom is 0.416 e. The van der Waals surface area contributed by atoms with Crippen molar-refractivity contribution in [2.45, 2.75) is 55.2 Å². The van der Waals surface area contributed by atoms with Crippen LogP contribution in [0.25, 0.3) is 0 Å². The van der Waals surface area contributed by atoms with E-state index in [0.717, 1.165) is 23.4 Å². The van der Waals surface area contributed by atoms with Gasteiger partial charge in [-0.3, -0.25) is 19.5 Å². The van der Waals surface area contributed by atoms with Crippen LogP contribution in [0, 0.1) is 11.3 Å². The van der Waals surface area contributed by atoms with Crippen molar-refractivity contribution in [2.24, 2.45) is 0 Å². The number of carbonyl (C=O) groups excluding carboxylic acids is 3. The molecule has 0 radical (unpaired) electrons. The van der Waals surface area contributed by atoms with Gasteiger partial charge in [0.25, 0.3) is 0 Å². The van der Waals surface area contributed by atoms with Crippen LogP contribution in [0.1, 0.15) is 36.9 Å². The molecule has 1 saturated heterocycles. The minimum atomic E-state index is -0.422. The van der Waals surface area contributed by atoms with Crippen LogP contribution in [-0.4, -0.2) is 64.9 Å². The fourth-order valence-electron chi connectivity index (χ4n) is 5.48. The second-order valence-corrected chi connectivity index (χ2v) is 10.5. The number of carbonyl (C=O) groups is 3. The summed E-state index contributed by atoms with van der Waals surface area (Å²) in [6, 6.07) is 7.53. The van der Waals surface area contributed by atoms with Gasteiger partial charge in [0.05, 0.1) is 33.6 Å². The van der Waals surface area contributed by atoms with E-state index in [1.165, 1.54) is 11.8 Å². The Balaban J connectivity index is 1.08. The van der Waals surface area contributed by atoms with E-state index in [4.69, 9.17) is 4.74 Å². The number of hydrogen-bond donors (Lipinski definition) is 2. The Morgan fingerprint density at radius 3 is 3.00 bits per heavy atom. The molecule has 3 amide bonds. The van der Waals surface area contributed by atoms with Crippen molar-refractivity contribution in [1.82, 2.24) is 15.3 Å². The van der Waals surface area contributed by atoms with Crippen LogP contribution in [-0.2, 0) is 20.7 Å². The predicted molar refractivity (Wildman–Crippen MR) is 135 cm³/mol. The molecular weight excluding hydrogens is 494 g/mol. The zero-order valence-corrected chi connectivity index (χ0v) is 20.8. The van der Waals surface area contributed by atoms with Crippen LogP contribution in [0.2, 0.25) is 0 Å². The summed E-state index contributed by atoms with van der Waals surface area (Å²) in [4.78, 5) is 50.2. The van der Waals surface area contributed by atoms with E-state index >= 15 is 0 Å². The van der Waals surface area contributed by atoms with Gasteiger partial charge in [-0.1, -0.05) is 0 Å². The van der Waals surface area contributed by atoms with Crippen molar-refractivity contribution in [3.05, 3.63) is 35.7 Å². The molecule has 3 atom stereocenters. The summed E-state index contributed by atoms with van der Waals surface area (Å²) in [5.74, 6) is 1.25. The van der Waals surface area contributed by atoms with Crippen LogP contribution >= 0.6 is 11.8 Å². The number of pyridine rings is 2. The largest absolute Gasteiger partial charge is 0.444 e. The lowest BCUT2D eigenvalue weighted by atomic mass is 9.88.